The molecule has 0 aliphatic heterocycles. The summed E-state index contributed by atoms with van der Waals surface area (Å²) in [5, 5.41) is 0.585. The molecule has 0 saturated carbocycles. The largest absolute Gasteiger partial charge is 0.237 e. The summed E-state index contributed by atoms with van der Waals surface area (Å²) in [5.74, 6) is 1.29. The van der Waals surface area contributed by atoms with Crippen molar-refractivity contribution in [2.45, 2.75) is 32.1 Å². The first kappa shape index (κ1) is 13.3. The average molecular weight is 385 g/mol. The lowest BCUT2D eigenvalue weighted by molar-refractivity contribution is 0.553. The van der Waals surface area contributed by atoms with Crippen LogP contribution in [0.4, 0.5) is 0 Å². The highest BCUT2D eigenvalue weighted by molar-refractivity contribution is 14.1. The van der Waals surface area contributed by atoms with Gasteiger partial charge < -0.3 is 0 Å². The minimum atomic E-state index is 0.392. The van der Waals surface area contributed by atoms with Crippen molar-refractivity contribution in [3.8, 4) is 0 Å². The van der Waals surface area contributed by atoms with Crippen LogP contribution in [0.5, 0.6) is 0 Å². The Morgan fingerprint density at radius 1 is 1.21 bits per heavy atom. The molecule has 98 valence electrons. The Balaban J connectivity index is 1.93. The molecule has 0 spiro atoms. The Bertz CT molecular complexity index is 604. The molecule has 1 aliphatic carbocycles. The third-order valence-corrected chi connectivity index (χ3v) is 5.59. The summed E-state index contributed by atoms with van der Waals surface area (Å²) in [6.45, 7) is 2.00. The molecule has 1 unspecified atom stereocenters. The maximum atomic E-state index is 6.18. The zero-order valence-corrected chi connectivity index (χ0v) is 13.6. The Kier molecular flexibility index (Phi) is 3.76. The van der Waals surface area contributed by atoms with E-state index in [-0.39, 0.29) is 0 Å². The first-order valence-electron chi connectivity index (χ1n) is 6.41. The standard InChI is InChI=1S/C15H14ClIN2/c1-9-13(17)14(16)19-15(18-9)12-7-6-10-4-2-3-5-11(10)8-12/h2-5,12H,6-8H2,1H3. The van der Waals surface area contributed by atoms with E-state index < -0.39 is 0 Å². The Labute approximate surface area is 131 Å². The number of nitrogens with zero attached hydrogens (tertiary/aromatic N) is 2. The maximum Gasteiger partial charge on any atom is 0.146 e. The van der Waals surface area contributed by atoms with Crippen molar-refractivity contribution in [3.63, 3.8) is 0 Å². The van der Waals surface area contributed by atoms with Crippen molar-refractivity contribution < 1.29 is 0 Å². The van der Waals surface area contributed by atoms with Gasteiger partial charge in [-0.1, -0.05) is 35.9 Å². The van der Waals surface area contributed by atoms with Gasteiger partial charge in [-0.3, -0.25) is 0 Å². The molecule has 0 bridgehead atoms. The van der Waals surface area contributed by atoms with Gasteiger partial charge in [0.15, 0.2) is 0 Å². The van der Waals surface area contributed by atoms with Crippen LogP contribution in [0.15, 0.2) is 24.3 Å². The van der Waals surface area contributed by atoms with E-state index in [0.29, 0.717) is 11.1 Å². The van der Waals surface area contributed by atoms with Crippen molar-refractivity contribution >= 4 is 34.2 Å². The molecule has 0 radical (unpaired) electrons. The lowest BCUT2D eigenvalue weighted by atomic mass is 9.83. The van der Waals surface area contributed by atoms with Gasteiger partial charge in [-0.05, 0) is 59.9 Å². The quantitative estimate of drug-likeness (QED) is 0.541. The highest BCUT2D eigenvalue weighted by Gasteiger charge is 2.23. The first-order valence-corrected chi connectivity index (χ1v) is 7.87. The molecular weight excluding hydrogens is 371 g/mol. The number of fused-ring (bicyclic) bond motifs is 1. The zero-order valence-electron chi connectivity index (χ0n) is 10.7. The number of aryl methyl sites for hydroxylation is 2. The van der Waals surface area contributed by atoms with E-state index in [2.05, 4.69) is 56.8 Å². The summed E-state index contributed by atoms with van der Waals surface area (Å²) < 4.78 is 0.958. The molecule has 1 aromatic heterocycles. The van der Waals surface area contributed by atoms with Crippen LogP contribution in [0.25, 0.3) is 0 Å². The van der Waals surface area contributed by atoms with Gasteiger partial charge in [0.2, 0.25) is 0 Å². The van der Waals surface area contributed by atoms with Crippen LogP contribution < -0.4 is 0 Å². The Morgan fingerprint density at radius 3 is 2.68 bits per heavy atom. The van der Waals surface area contributed by atoms with Crippen molar-refractivity contribution in [1.29, 1.82) is 0 Å². The molecule has 0 amide bonds. The molecule has 0 fully saturated rings. The lowest BCUT2D eigenvalue weighted by Gasteiger charge is -2.23. The van der Waals surface area contributed by atoms with E-state index in [1.54, 1.807) is 0 Å². The van der Waals surface area contributed by atoms with E-state index in [4.69, 9.17) is 11.6 Å². The van der Waals surface area contributed by atoms with E-state index >= 15 is 0 Å². The number of benzene rings is 1. The van der Waals surface area contributed by atoms with Gasteiger partial charge in [-0.25, -0.2) is 9.97 Å². The molecule has 2 nitrogen and oxygen atoms in total. The van der Waals surface area contributed by atoms with Gasteiger partial charge in [-0.15, -0.1) is 0 Å². The minimum absolute atomic E-state index is 0.392. The average Bonchev–Trinajstić information content (AvgIpc) is 2.43. The lowest BCUT2D eigenvalue weighted by Crippen LogP contribution is -2.16. The minimum Gasteiger partial charge on any atom is -0.237 e. The summed E-state index contributed by atoms with van der Waals surface area (Å²) in [6, 6.07) is 8.65. The van der Waals surface area contributed by atoms with E-state index in [1.165, 1.54) is 11.1 Å². The van der Waals surface area contributed by atoms with Crippen LogP contribution in [0, 0.1) is 10.5 Å². The van der Waals surface area contributed by atoms with Crippen molar-refractivity contribution in [2.24, 2.45) is 0 Å². The predicted molar refractivity (Wildman–Crippen MR) is 85.7 cm³/mol. The second kappa shape index (κ2) is 5.37. The second-order valence-electron chi connectivity index (χ2n) is 4.98. The fourth-order valence-electron chi connectivity index (χ4n) is 2.65. The smallest absolute Gasteiger partial charge is 0.146 e. The molecular formula is C15H14ClIN2. The number of hydrogen-bond donors (Lipinski definition) is 0. The Morgan fingerprint density at radius 2 is 1.95 bits per heavy atom. The summed E-state index contributed by atoms with van der Waals surface area (Å²) in [4.78, 5) is 9.10. The highest BCUT2D eigenvalue weighted by Crippen LogP contribution is 2.32. The van der Waals surface area contributed by atoms with Crippen molar-refractivity contribution in [2.75, 3.05) is 0 Å². The van der Waals surface area contributed by atoms with E-state index in [9.17, 15) is 0 Å². The van der Waals surface area contributed by atoms with Crippen LogP contribution in [-0.4, -0.2) is 9.97 Å². The van der Waals surface area contributed by atoms with Crippen LogP contribution in [-0.2, 0) is 12.8 Å². The van der Waals surface area contributed by atoms with Gasteiger partial charge in [0.25, 0.3) is 0 Å². The number of hydrogen-bond acceptors (Lipinski definition) is 2. The summed E-state index contributed by atoms with van der Waals surface area (Å²) >= 11 is 8.38. The third-order valence-electron chi connectivity index (χ3n) is 3.71. The molecule has 4 heteroatoms. The van der Waals surface area contributed by atoms with Crippen LogP contribution in [0.1, 0.15) is 35.0 Å². The normalized spacial score (nSPS) is 18.2. The van der Waals surface area contributed by atoms with Crippen LogP contribution in [0.2, 0.25) is 5.15 Å². The van der Waals surface area contributed by atoms with E-state index in [0.717, 1.165) is 34.4 Å². The Hall–Kier alpha value is -0.680. The number of halogens is 2. The molecule has 0 N–H and O–H groups in total. The molecule has 0 saturated heterocycles. The summed E-state index contributed by atoms with van der Waals surface area (Å²) in [5.41, 5.74) is 3.87. The van der Waals surface area contributed by atoms with Gasteiger partial charge >= 0.3 is 0 Å². The monoisotopic (exact) mass is 384 g/mol. The maximum absolute atomic E-state index is 6.18. The summed E-state index contributed by atoms with van der Waals surface area (Å²) in [6.07, 6.45) is 3.23. The van der Waals surface area contributed by atoms with Gasteiger partial charge in [0.05, 0.1) is 9.26 Å². The van der Waals surface area contributed by atoms with Gasteiger partial charge in [0, 0.05) is 5.92 Å². The topological polar surface area (TPSA) is 25.8 Å². The van der Waals surface area contributed by atoms with E-state index in [1.807, 2.05) is 6.92 Å². The van der Waals surface area contributed by atoms with Crippen molar-refractivity contribution in [1.82, 2.24) is 9.97 Å². The summed E-state index contributed by atoms with van der Waals surface area (Å²) in [7, 11) is 0. The molecule has 1 heterocycles. The highest BCUT2D eigenvalue weighted by atomic mass is 127. The fourth-order valence-corrected chi connectivity index (χ4v) is 3.11. The molecule has 3 rings (SSSR count). The molecule has 2 aromatic rings. The molecule has 1 atom stereocenters. The molecule has 19 heavy (non-hydrogen) atoms. The van der Waals surface area contributed by atoms with Crippen LogP contribution in [0.3, 0.4) is 0 Å². The van der Waals surface area contributed by atoms with Crippen LogP contribution >= 0.6 is 34.2 Å². The molecule has 1 aromatic carbocycles. The second-order valence-corrected chi connectivity index (χ2v) is 6.42. The van der Waals surface area contributed by atoms with Gasteiger partial charge in [0.1, 0.15) is 11.0 Å². The third kappa shape index (κ3) is 2.63. The molecule has 1 aliphatic rings. The fraction of sp³-hybridized carbons (Fsp3) is 0.333. The zero-order chi connectivity index (χ0) is 13.4. The predicted octanol–water partition coefficient (Wildman–Crippen LogP) is 4.32. The first-order chi connectivity index (χ1) is 9.15. The van der Waals surface area contributed by atoms with Crippen molar-refractivity contribution in [3.05, 3.63) is 55.6 Å². The SMILES string of the molecule is Cc1nc(C2CCc3ccccc3C2)nc(Cl)c1I. The number of rotatable bonds is 1. The van der Waals surface area contributed by atoms with Gasteiger partial charge in [-0.2, -0.15) is 0 Å². The number of aromatic nitrogens is 2.